The van der Waals surface area contributed by atoms with E-state index in [2.05, 4.69) is 11.1 Å². The van der Waals surface area contributed by atoms with Crippen LogP contribution < -0.4 is 4.74 Å². The second-order valence-electron chi connectivity index (χ2n) is 4.01. The third-order valence-corrected chi connectivity index (χ3v) is 2.93. The first-order chi connectivity index (χ1) is 9.26. The van der Waals surface area contributed by atoms with Crippen molar-refractivity contribution in [1.82, 2.24) is 4.98 Å². The van der Waals surface area contributed by atoms with Gasteiger partial charge in [-0.1, -0.05) is 36.7 Å². The number of nitrogens with zero attached hydrogens (tertiary/aromatic N) is 2. The van der Waals surface area contributed by atoms with E-state index in [4.69, 9.17) is 21.6 Å². The summed E-state index contributed by atoms with van der Waals surface area (Å²) in [6.45, 7) is 2.58. The molecule has 0 unspecified atom stereocenters. The van der Waals surface area contributed by atoms with Gasteiger partial charge >= 0.3 is 0 Å². The molecule has 0 fully saturated rings. The van der Waals surface area contributed by atoms with E-state index in [9.17, 15) is 0 Å². The van der Waals surface area contributed by atoms with Gasteiger partial charge in [0.05, 0.1) is 24.1 Å². The molecule has 0 spiro atoms. The van der Waals surface area contributed by atoms with E-state index in [0.29, 0.717) is 28.6 Å². The summed E-state index contributed by atoms with van der Waals surface area (Å²) < 4.78 is 5.48. The summed E-state index contributed by atoms with van der Waals surface area (Å²) in [4.78, 5) is 4.31. The zero-order valence-electron chi connectivity index (χ0n) is 10.6. The molecule has 0 saturated carbocycles. The molecule has 2 rings (SSSR count). The SMILES string of the molecule is CCCOc1cnc(-c2ccccc2Cl)cc1C#N. The van der Waals surface area contributed by atoms with Gasteiger partial charge in [-0.05, 0) is 18.6 Å². The third kappa shape index (κ3) is 3.04. The van der Waals surface area contributed by atoms with Crippen LogP contribution in [0.25, 0.3) is 11.3 Å². The minimum absolute atomic E-state index is 0.471. The van der Waals surface area contributed by atoms with E-state index in [1.54, 1.807) is 18.3 Å². The van der Waals surface area contributed by atoms with E-state index in [1.165, 1.54) is 0 Å². The molecule has 0 bridgehead atoms. The predicted molar refractivity (Wildman–Crippen MR) is 75.2 cm³/mol. The highest BCUT2D eigenvalue weighted by Gasteiger charge is 2.09. The Balaban J connectivity index is 2.40. The van der Waals surface area contributed by atoms with E-state index in [0.717, 1.165) is 12.0 Å². The molecule has 19 heavy (non-hydrogen) atoms. The Morgan fingerprint density at radius 3 is 2.84 bits per heavy atom. The average Bonchev–Trinajstić information content (AvgIpc) is 2.45. The summed E-state index contributed by atoms with van der Waals surface area (Å²) in [7, 11) is 0. The number of hydrogen-bond acceptors (Lipinski definition) is 3. The normalized spacial score (nSPS) is 9.95. The highest BCUT2D eigenvalue weighted by Crippen LogP contribution is 2.28. The number of nitriles is 1. The van der Waals surface area contributed by atoms with Crippen LogP contribution in [-0.2, 0) is 0 Å². The van der Waals surface area contributed by atoms with Gasteiger partial charge in [0, 0.05) is 10.6 Å². The van der Waals surface area contributed by atoms with Crippen LogP contribution in [-0.4, -0.2) is 11.6 Å². The van der Waals surface area contributed by atoms with Crippen molar-refractivity contribution in [1.29, 1.82) is 5.26 Å². The lowest BCUT2D eigenvalue weighted by Gasteiger charge is -2.08. The van der Waals surface area contributed by atoms with Crippen LogP contribution in [0, 0.1) is 11.3 Å². The quantitative estimate of drug-likeness (QED) is 0.843. The fourth-order valence-corrected chi connectivity index (χ4v) is 1.91. The van der Waals surface area contributed by atoms with E-state index in [1.807, 2.05) is 25.1 Å². The summed E-state index contributed by atoms with van der Waals surface area (Å²) in [6.07, 6.45) is 2.46. The van der Waals surface area contributed by atoms with E-state index >= 15 is 0 Å². The van der Waals surface area contributed by atoms with Gasteiger partial charge in [-0.15, -0.1) is 0 Å². The molecule has 0 saturated heterocycles. The minimum Gasteiger partial charge on any atom is -0.491 e. The molecule has 96 valence electrons. The van der Waals surface area contributed by atoms with Crippen LogP contribution in [0.2, 0.25) is 5.02 Å². The zero-order valence-corrected chi connectivity index (χ0v) is 11.3. The van der Waals surface area contributed by atoms with Crippen LogP contribution in [0.15, 0.2) is 36.5 Å². The highest BCUT2D eigenvalue weighted by molar-refractivity contribution is 6.33. The van der Waals surface area contributed by atoms with Crippen molar-refractivity contribution in [3.8, 4) is 23.1 Å². The molecule has 3 nitrogen and oxygen atoms in total. The maximum Gasteiger partial charge on any atom is 0.155 e. The molecule has 0 aliphatic carbocycles. The molecule has 1 heterocycles. The number of pyridine rings is 1. The monoisotopic (exact) mass is 272 g/mol. The van der Waals surface area contributed by atoms with Crippen molar-refractivity contribution in [3.63, 3.8) is 0 Å². The Morgan fingerprint density at radius 2 is 2.16 bits per heavy atom. The molecule has 2 aromatic rings. The first-order valence-electron chi connectivity index (χ1n) is 6.04. The number of ether oxygens (including phenoxy) is 1. The van der Waals surface area contributed by atoms with Crippen LogP contribution >= 0.6 is 11.6 Å². The smallest absolute Gasteiger partial charge is 0.155 e. The largest absolute Gasteiger partial charge is 0.491 e. The Labute approximate surface area is 117 Å². The van der Waals surface area contributed by atoms with Crippen molar-refractivity contribution in [2.24, 2.45) is 0 Å². The minimum atomic E-state index is 0.471. The Hall–Kier alpha value is -2.05. The van der Waals surface area contributed by atoms with Gasteiger partial charge < -0.3 is 4.74 Å². The average molecular weight is 273 g/mol. The lowest BCUT2D eigenvalue weighted by Crippen LogP contribution is -1.98. The van der Waals surface area contributed by atoms with E-state index in [-0.39, 0.29) is 0 Å². The fraction of sp³-hybridized carbons (Fsp3) is 0.200. The molecular weight excluding hydrogens is 260 g/mol. The van der Waals surface area contributed by atoms with E-state index < -0.39 is 0 Å². The highest BCUT2D eigenvalue weighted by atomic mass is 35.5. The summed E-state index contributed by atoms with van der Waals surface area (Å²) in [5.41, 5.74) is 1.95. The van der Waals surface area contributed by atoms with Crippen molar-refractivity contribution in [3.05, 3.63) is 47.1 Å². The second-order valence-corrected chi connectivity index (χ2v) is 4.41. The topological polar surface area (TPSA) is 45.9 Å². The number of benzene rings is 1. The van der Waals surface area contributed by atoms with Gasteiger partial charge in [0.25, 0.3) is 0 Å². The summed E-state index contributed by atoms with van der Waals surface area (Å²) in [6, 6.07) is 11.2. The molecule has 0 amide bonds. The molecule has 1 aromatic carbocycles. The maximum atomic E-state index is 9.17. The fourth-order valence-electron chi connectivity index (χ4n) is 1.67. The molecule has 0 aliphatic heterocycles. The van der Waals surface area contributed by atoms with Crippen LogP contribution in [0.5, 0.6) is 5.75 Å². The van der Waals surface area contributed by atoms with Gasteiger partial charge in [0.1, 0.15) is 6.07 Å². The third-order valence-electron chi connectivity index (χ3n) is 2.60. The van der Waals surface area contributed by atoms with Crippen LogP contribution in [0.4, 0.5) is 0 Å². The van der Waals surface area contributed by atoms with Crippen molar-refractivity contribution < 1.29 is 4.74 Å². The summed E-state index contributed by atoms with van der Waals surface area (Å²) >= 11 is 6.12. The van der Waals surface area contributed by atoms with Gasteiger partial charge in [-0.25, -0.2) is 0 Å². The molecule has 0 atom stereocenters. The molecular formula is C15H13ClN2O. The molecule has 1 aromatic heterocycles. The van der Waals surface area contributed by atoms with Crippen molar-refractivity contribution >= 4 is 11.6 Å². The Kier molecular flexibility index (Phi) is 4.38. The van der Waals surface area contributed by atoms with Crippen molar-refractivity contribution in [2.45, 2.75) is 13.3 Å². The number of rotatable bonds is 4. The Bertz CT molecular complexity index is 620. The molecule has 4 heteroatoms. The first-order valence-corrected chi connectivity index (χ1v) is 6.42. The van der Waals surface area contributed by atoms with Gasteiger partial charge in [-0.2, -0.15) is 5.26 Å². The second kappa shape index (κ2) is 6.21. The Morgan fingerprint density at radius 1 is 1.37 bits per heavy atom. The standard InChI is InChI=1S/C15H13ClN2O/c1-2-7-19-15-10-18-14(8-11(15)9-17)12-5-3-4-6-13(12)16/h3-6,8,10H,2,7H2,1H3. The first kappa shape index (κ1) is 13.4. The zero-order chi connectivity index (χ0) is 13.7. The summed E-state index contributed by atoms with van der Waals surface area (Å²) in [5, 5.41) is 9.78. The lowest BCUT2D eigenvalue weighted by atomic mass is 10.1. The predicted octanol–water partition coefficient (Wildman–Crippen LogP) is 4.06. The maximum absolute atomic E-state index is 9.17. The van der Waals surface area contributed by atoms with Crippen LogP contribution in [0.3, 0.4) is 0 Å². The lowest BCUT2D eigenvalue weighted by molar-refractivity contribution is 0.315. The summed E-state index contributed by atoms with van der Waals surface area (Å²) in [5.74, 6) is 0.514. The molecule has 0 radical (unpaired) electrons. The number of aromatic nitrogens is 1. The number of halogens is 1. The van der Waals surface area contributed by atoms with Crippen molar-refractivity contribution in [2.75, 3.05) is 6.61 Å². The number of hydrogen-bond donors (Lipinski definition) is 0. The van der Waals surface area contributed by atoms with Gasteiger partial charge in [0.2, 0.25) is 0 Å². The molecule has 0 aliphatic rings. The molecule has 0 N–H and O–H groups in total. The van der Waals surface area contributed by atoms with Gasteiger partial charge in [-0.3, -0.25) is 4.98 Å². The van der Waals surface area contributed by atoms with Gasteiger partial charge in [0.15, 0.2) is 5.75 Å². The van der Waals surface area contributed by atoms with Crippen LogP contribution in [0.1, 0.15) is 18.9 Å².